The lowest BCUT2D eigenvalue weighted by atomic mass is 10.0. The molecule has 0 unspecified atom stereocenters. The van der Waals surface area contributed by atoms with E-state index in [1.165, 1.54) is 11.8 Å². The first-order valence-electron chi connectivity index (χ1n) is 8.28. The number of nitrogens with zero attached hydrogens (tertiary/aromatic N) is 2. The Bertz CT molecular complexity index is 1040. The maximum Gasteiger partial charge on any atom is 0.234 e. The zero-order valence-corrected chi connectivity index (χ0v) is 15.8. The summed E-state index contributed by atoms with van der Waals surface area (Å²) in [6, 6.07) is 15.7. The van der Waals surface area contributed by atoms with Crippen molar-refractivity contribution >= 4 is 34.3 Å². The zero-order chi connectivity index (χ0) is 18.7. The summed E-state index contributed by atoms with van der Waals surface area (Å²) >= 11 is 1.29. The fourth-order valence-electron chi connectivity index (χ4n) is 2.71. The van der Waals surface area contributed by atoms with Gasteiger partial charge in [-0.15, -0.1) is 0 Å². The van der Waals surface area contributed by atoms with Crippen molar-refractivity contribution in [1.82, 2.24) is 4.98 Å². The van der Waals surface area contributed by atoms with E-state index < -0.39 is 0 Å². The van der Waals surface area contributed by atoms with Crippen molar-refractivity contribution in [3.05, 3.63) is 64.7 Å². The number of rotatable bonds is 4. The Balaban J connectivity index is 1.80. The number of aromatic nitrogens is 1. The van der Waals surface area contributed by atoms with Crippen LogP contribution in [-0.2, 0) is 4.79 Å². The highest BCUT2D eigenvalue weighted by Crippen LogP contribution is 2.27. The van der Waals surface area contributed by atoms with E-state index in [0.29, 0.717) is 10.6 Å². The van der Waals surface area contributed by atoms with Gasteiger partial charge in [0.1, 0.15) is 11.1 Å². The molecule has 0 bridgehead atoms. The van der Waals surface area contributed by atoms with Crippen molar-refractivity contribution in [3.8, 4) is 6.07 Å². The molecule has 1 heterocycles. The number of pyridine rings is 1. The van der Waals surface area contributed by atoms with Gasteiger partial charge in [-0.3, -0.25) is 4.79 Å². The van der Waals surface area contributed by atoms with Gasteiger partial charge in [0, 0.05) is 11.1 Å². The van der Waals surface area contributed by atoms with Gasteiger partial charge in [-0.25, -0.2) is 4.98 Å². The molecule has 1 N–H and O–H groups in total. The number of thioether (sulfide) groups is 1. The number of nitrogens with one attached hydrogen (secondary N) is 1. The Kier molecular flexibility index (Phi) is 5.24. The summed E-state index contributed by atoms with van der Waals surface area (Å²) in [6.45, 7) is 6.04. The molecule has 2 aromatic carbocycles. The van der Waals surface area contributed by atoms with E-state index in [2.05, 4.69) is 16.4 Å². The second-order valence-corrected chi connectivity index (χ2v) is 7.20. The van der Waals surface area contributed by atoms with E-state index in [9.17, 15) is 10.1 Å². The molecule has 1 amide bonds. The third-order valence-corrected chi connectivity index (χ3v) is 5.23. The third kappa shape index (κ3) is 3.87. The average molecular weight is 361 g/mol. The first-order chi connectivity index (χ1) is 12.5. The number of anilines is 1. The normalized spacial score (nSPS) is 10.5. The van der Waals surface area contributed by atoms with Gasteiger partial charge in [-0.05, 0) is 55.7 Å². The Morgan fingerprint density at radius 3 is 2.73 bits per heavy atom. The molecule has 0 aliphatic heterocycles. The molecule has 130 valence electrons. The summed E-state index contributed by atoms with van der Waals surface area (Å²) in [7, 11) is 0. The molecule has 0 saturated heterocycles. The molecular formula is C21H19N3OS. The van der Waals surface area contributed by atoms with Gasteiger partial charge < -0.3 is 5.32 Å². The number of carbonyl (C=O) groups excluding carboxylic acids is 1. The van der Waals surface area contributed by atoms with Crippen LogP contribution in [0.15, 0.2) is 47.5 Å². The SMILES string of the molecule is Cc1cccc(NC(=O)CSc2nc3c(C)c(C)ccc3cc2C#N)c1. The summed E-state index contributed by atoms with van der Waals surface area (Å²) in [6.07, 6.45) is 0. The summed E-state index contributed by atoms with van der Waals surface area (Å²) < 4.78 is 0. The van der Waals surface area contributed by atoms with Crippen LogP contribution in [0.25, 0.3) is 10.9 Å². The predicted octanol–water partition coefficient (Wildman–Crippen LogP) is 4.76. The quantitative estimate of drug-likeness (QED) is 0.680. The topological polar surface area (TPSA) is 65.8 Å². The maximum atomic E-state index is 12.2. The minimum atomic E-state index is -0.118. The van der Waals surface area contributed by atoms with E-state index in [0.717, 1.165) is 33.3 Å². The first-order valence-corrected chi connectivity index (χ1v) is 9.27. The fraction of sp³-hybridized carbons (Fsp3) is 0.190. The van der Waals surface area contributed by atoms with Crippen molar-refractivity contribution in [2.75, 3.05) is 11.1 Å². The van der Waals surface area contributed by atoms with Gasteiger partial charge in [0.05, 0.1) is 16.8 Å². The van der Waals surface area contributed by atoms with Crippen LogP contribution in [0.3, 0.4) is 0 Å². The van der Waals surface area contributed by atoms with Crippen LogP contribution in [0, 0.1) is 32.1 Å². The van der Waals surface area contributed by atoms with Crippen LogP contribution >= 0.6 is 11.8 Å². The number of hydrogen-bond acceptors (Lipinski definition) is 4. The van der Waals surface area contributed by atoms with E-state index in [1.54, 1.807) is 0 Å². The van der Waals surface area contributed by atoms with Crippen molar-refractivity contribution in [3.63, 3.8) is 0 Å². The molecule has 0 saturated carbocycles. The van der Waals surface area contributed by atoms with Crippen LogP contribution < -0.4 is 5.32 Å². The molecule has 0 atom stereocenters. The van der Waals surface area contributed by atoms with Crippen LogP contribution in [0.5, 0.6) is 0 Å². The minimum Gasteiger partial charge on any atom is -0.325 e. The summed E-state index contributed by atoms with van der Waals surface area (Å²) in [5.41, 5.74) is 5.49. The van der Waals surface area contributed by atoms with Gasteiger partial charge in [-0.1, -0.05) is 36.0 Å². The molecule has 0 fully saturated rings. The molecule has 4 nitrogen and oxygen atoms in total. The van der Waals surface area contributed by atoms with Crippen LogP contribution in [0.1, 0.15) is 22.3 Å². The molecule has 0 aliphatic carbocycles. The number of nitriles is 1. The number of aryl methyl sites for hydroxylation is 3. The maximum absolute atomic E-state index is 12.2. The lowest BCUT2D eigenvalue weighted by Crippen LogP contribution is -2.14. The van der Waals surface area contributed by atoms with Gasteiger partial charge in [-0.2, -0.15) is 5.26 Å². The van der Waals surface area contributed by atoms with Crippen molar-refractivity contribution in [1.29, 1.82) is 5.26 Å². The number of benzene rings is 2. The van der Waals surface area contributed by atoms with E-state index in [4.69, 9.17) is 0 Å². The predicted molar refractivity (Wildman–Crippen MR) is 106 cm³/mol. The molecule has 1 aromatic heterocycles. The van der Waals surface area contributed by atoms with E-state index >= 15 is 0 Å². The average Bonchev–Trinajstić information content (AvgIpc) is 2.62. The lowest BCUT2D eigenvalue weighted by molar-refractivity contribution is -0.113. The second kappa shape index (κ2) is 7.59. The number of amides is 1. The number of carbonyl (C=O) groups is 1. The van der Waals surface area contributed by atoms with Gasteiger partial charge in [0.15, 0.2) is 0 Å². The smallest absolute Gasteiger partial charge is 0.234 e. The fourth-order valence-corrected chi connectivity index (χ4v) is 3.47. The molecule has 0 aliphatic rings. The Hall–Kier alpha value is -2.84. The first kappa shape index (κ1) is 18.0. The molecule has 0 radical (unpaired) electrons. The second-order valence-electron chi connectivity index (χ2n) is 6.24. The third-order valence-electron chi connectivity index (χ3n) is 4.24. The summed E-state index contributed by atoms with van der Waals surface area (Å²) in [5, 5.41) is 13.8. The Labute approximate surface area is 157 Å². The molecule has 3 rings (SSSR count). The molecule has 3 aromatic rings. The van der Waals surface area contributed by atoms with Crippen LogP contribution in [0.2, 0.25) is 0 Å². The van der Waals surface area contributed by atoms with Gasteiger partial charge in [0.25, 0.3) is 0 Å². The molecule has 26 heavy (non-hydrogen) atoms. The highest BCUT2D eigenvalue weighted by molar-refractivity contribution is 8.00. The lowest BCUT2D eigenvalue weighted by Gasteiger charge is -2.10. The monoisotopic (exact) mass is 361 g/mol. The summed E-state index contributed by atoms with van der Waals surface area (Å²) in [4.78, 5) is 16.9. The van der Waals surface area contributed by atoms with Crippen molar-refractivity contribution < 1.29 is 4.79 Å². The standard InChI is InChI=1S/C21H19N3OS/c1-13-5-4-6-18(9-13)23-19(25)12-26-21-17(11-22)10-16-8-7-14(2)15(3)20(16)24-21/h4-10H,12H2,1-3H3,(H,23,25). The zero-order valence-electron chi connectivity index (χ0n) is 15.0. The Morgan fingerprint density at radius 2 is 2.00 bits per heavy atom. The largest absolute Gasteiger partial charge is 0.325 e. The highest BCUT2D eigenvalue weighted by Gasteiger charge is 2.12. The van der Waals surface area contributed by atoms with Crippen molar-refractivity contribution in [2.24, 2.45) is 0 Å². The minimum absolute atomic E-state index is 0.118. The van der Waals surface area contributed by atoms with Gasteiger partial charge in [0.2, 0.25) is 5.91 Å². The van der Waals surface area contributed by atoms with Gasteiger partial charge >= 0.3 is 0 Å². The molecule has 5 heteroatoms. The molecular weight excluding hydrogens is 342 g/mol. The Morgan fingerprint density at radius 1 is 1.19 bits per heavy atom. The number of hydrogen-bond donors (Lipinski definition) is 1. The summed E-state index contributed by atoms with van der Waals surface area (Å²) in [5.74, 6) is 0.0822. The molecule has 0 spiro atoms. The van der Waals surface area contributed by atoms with Crippen LogP contribution in [-0.4, -0.2) is 16.6 Å². The number of fused-ring (bicyclic) bond motifs is 1. The van der Waals surface area contributed by atoms with Crippen molar-refractivity contribution in [2.45, 2.75) is 25.8 Å². The van der Waals surface area contributed by atoms with E-state index in [-0.39, 0.29) is 11.7 Å². The van der Waals surface area contributed by atoms with E-state index in [1.807, 2.05) is 63.2 Å². The highest BCUT2D eigenvalue weighted by atomic mass is 32.2. The van der Waals surface area contributed by atoms with Crippen LogP contribution in [0.4, 0.5) is 5.69 Å².